The van der Waals surface area contributed by atoms with Crippen LogP contribution in [0.25, 0.3) is 39.4 Å². The minimum Gasteiger partial charge on any atom is -0.440 e. The van der Waals surface area contributed by atoms with Gasteiger partial charge in [0.1, 0.15) is 17.3 Å². The summed E-state index contributed by atoms with van der Waals surface area (Å²) in [5.74, 6) is 0.181. The molecule has 0 saturated carbocycles. The van der Waals surface area contributed by atoms with Crippen molar-refractivity contribution in [3.63, 3.8) is 0 Å². The van der Waals surface area contributed by atoms with Gasteiger partial charge in [-0.2, -0.15) is 13.2 Å². The lowest BCUT2D eigenvalue weighted by molar-refractivity contribution is -0.274. The summed E-state index contributed by atoms with van der Waals surface area (Å²) in [4.78, 5) is 8.91. The predicted octanol–water partition coefficient (Wildman–Crippen LogP) is 8.78. The van der Waals surface area contributed by atoms with Gasteiger partial charge in [-0.3, -0.25) is 4.21 Å². The molecule has 0 radical (unpaired) electrons. The topological polar surface area (TPSA) is 70.2 Å². The third-order valence-corrected chi connectivity index (χ3v) is 7.59. The summed E-state index contributed by atoms with van der Waals surface area (Å²) in [6, 6.07) is 17.2. The van der Waals surface area contributed by atoms with Crippen molar-refractivity contribution in [3.8, 4) is 45.1 Å². The largest absolute Gasteiger partial charge is 0.573 e. The summed E-state index contributed by atoms with van der Waals surface area (Å²) < 4.78 is 103. The summed E-state index contributed by atoms with van der Waals surface area (Å²) >= 11 is 0. The van der Waals surface area contributed by atoms with E-state index in [-0.39, 0.29) is 17.3 Å². The van der Waals surface area contributed by atoms with Crippen LogP contribution in [0.1, 0.15) is 30.8 Å². The monoisotopic (exact) mass is 633 g/mol. The molecule has 1 atom stereocenters. The molecule has 0 aliphatic heterocycles. The summed E-state index contributed by atoms with van der Waals surface area (Å²) in [7, 11) is -1.26. The highest BCUT2D eigenvalue weighted by Crippen LogP contribution is 2.40. The number of imidazole rings is 1. The van der Waals surface area contributed by atoms with Gasteiger partial charge in [0.15, 0.2) is 17.3 Å². The Hall–Kier alpha value is -4.39. The third kappa shape index (κ3) is 6.72. The van der Waals surface area contributed by atoms with Gasteiger partial charge in [-0.05, 0) is 73.0 Å². The summed E-state index contributed by atoms with van der Waals surface area (Å²) in [6.07, 6.45) is -6.01. The van der Waals surface area contributed by atoms with Crippen molar-refractivity contribution in [2.24, 2.45) is 0 Å². The smallest absolute Gasteiger partial charge is 0.440 e. The van der Waals surface area contributed by atoms with Crippen molar-refractivity contribution in [1.82, 2.24) is 14.5 Å². The van der Waals surface area contributed by atoms with Crippen LogP contribution >= 0.6 is 0 Å². The summed E-state index contributed by atoms with van der Waals surface area (Å²) in [5.41, 5.74) is 1.63. The van der Waals surface area contributed by atoms with Gasteiger partial charge in [-0.1, -0.05) is 25.1 Å². The number of aryl methyl sites for hydroxylation is 2. The molecule has 0 N–H and O–H groups in total. The van der Waals surface area contributed by atoms with Crippen molar-refractivity contribution in [3.05, 3.63) is 90.3 Å². The Kier molecular flexibility index (Phi) is 8.43. The van der Waals surface area contributed by atoms with Crippen LogP contribution in [0.5, 0.6) is 5.75 Å². The Bertz CT molecular complexity index is 1820. The lowest BCUT2D eigenvalue weighted by Crippen LogP contribution is -2.16. The van der Waals surface area contributed by atoms with Gasteiger partial charge in [0.25, 0.3) is 0 Å². The van der Waals surface area contributed by atoms with E-state index in [1.165, 1.54) is 23.6 Å². The van der Waals surface area contributed by atoms with E-state index >= 15 is 0 Å². The summed E-state index contributed by atoms with van der Waals surface area (Å²) in [5, 5.41) is 0. The van der Waals surface area contributed by atoms with E-state index < -0.39 is 34.8 Å². The number of hydrogen-bond acceptors (Lipinski definition) is 5. The zero-order valence-corrected chi connectivity index (χ0v) is 24.4. The van der Waals surface area contributed by atoms with Crippen LogP contribution in [0.4, 0.5) is 26.3 Å². The quantitative estimate of drug-likeness (QED) is 0.160. The average Bonchev–Trinajstić information content (AvgIpc) is 3.56. The van der Waals surface area contributed by atoms with Gasteiger partial charge in [-0.15, -0.1) is 13.2 Å². The molecule has 2 heterocycles. The molecule has 0 aliphatic rings. The highest BCUT2D eigenvalue weighted by Gasteiger charge is 2.35. The Balaban J connectivity index is 1.74. The van der Waals surface area contributed by atoms with Crippen LogP contribution in [-0.2, 0) is 23.4 Å². The number of ether oxygens (including phenoxy) is 1. The molecule has 6 nitrogen and oxygen atoms in total. The SMILES string of the molecule is CCCc1nc(-c2ccc(OC(F)(F)F)cc2)c(-c2cc(-c3cccc(S(C)=O)c3)ccc2-n2cc(C(F)(F)F)nc2C)o1. The number of hydrogen-bond donors (Lipinski definition) is 0. The van der Waals surface area contributed by atoms with Gasteiger partial charge in [0.05, 0.1) is 5.69 Å². The van der Waals surface area contributed by atoms with Gasteiger partial charge >= 0.3 is 12.5 Å². The second-order valence-corrected chi connectivity index (χ2v) is 11.2. The standard InChI is InChI=1S/C31H25F6N3O3S/c1-4-6-27-39-28(19-9-12-22(13-10-19)43-31(35,36)37)29(42-27)24-16-21(20-7-5-8-23(15-20)44(3)41)11-14-25(24)40-17-26(30(32,33)34)38-18(40)2/h5,7-17H,4,6H2,1-3H3. The molecule has 0 aliphatic carbocycles. The van der Waals surface area contributed by atoms with Crippen LogP contribution in [0.15, 0.2) is 82.2 Å². The van der Waals surface area contributed by atoms with E-state index in [0.29, 0.717) is 51.6 Å². The van der Waals surface area contributed by atoms with Crippen molar-refractivity contribution >= 4 is 10.8 Å². The Morgan fingerprint density at radius 2 is 1.59 bits per heavy atom. The van der Waals surface area contributed by atoms with E-state index in [0.717, 1.165) is 18.3 Å². The van der Waals surface area contributed by atoms with Gasteiger partial charge in [0.2, 0.25) is 0 Å². The lowest BCUT2D eigenvalue weighted by atomic mass is 9.98. The van der Waals surface area contributed by atoms with Crippen LogP contribution in [-0.4, -0.2) is 31.4 Å². The fourth-order valence-corrected chi connectivity index (χ4v) is 5.26. The summed E-state index contributed by atoms with van der Waals surface area (Å²) in [6.45, 7) is 3.35. The molecule has 0 bridgehead atoms. The fraction of sp³-hybridized carbons (Fsp3) is 0.226. The number of oxazole rings is 1. The molecule has 5 aromatic rings. The second kappa shape index (κ2) is 11.9. The molecule has 0 saturated heterocycles. The van der Waals surface area contributed by atoms with E-state index in [2.05, 4.69) is 14.7 Å². The first-order valence-corrected chi connectivity index (χ1v) is 14.9. The van der Waals surface area contributed by atoms with Crippen molar-refractivity contribution in [1.29, 1.82) is 0 Å². The number of benzene rings is 3. The Morgan fingerprint density at radius 1 is 0.909 bits per heavy atom. The Labute approximate surface area is 250 Å². The van der Waals surface area contributed by atoms with Crippen LogP contribution < -0.4 is 4.74 Å². The molecule has 230 valence electrons. The maximum Gasteiger partial charge on any atom is 0.573 e. The van der Waals surface area contributed by atoms with E-state index in [1.807, 2.05) is 13.0 Å². The number of halogens is 6. The van der Waals surface area contributed by atoms with Crippen LogP contribution in [0.2, 0.25) is 0 Å². The second-order valence-electron chi connectivity index (χ2n) is 9.86. The van der Waals surface area contributed by atoms with Crippen molar-refractivity contribution < 1.29 is 39.7 Å². The molecule has 0 amide bonds. The molecule has 3 aromatic carbocycles. The minimum atomic E-state index is -4.87. The molecule has 0 fully saturated rings. The van der Waals surface area contributed by atoms with E-state index in [1.54, 1.807) is 42.7 Å². The zero-order chi connectivity index (χ0) is 31.8. The lowest BCUT2D eigenvalue weighted by Gasteiger charge is -2.14. The molecule has 13 heteroatoms. The van der Waals surface area contributed by atoms with Crippen LogP contribution in [0.3, 0.4) is 0 Å². The number of aromatic nitrogens is 3. The average molecular weight is 634 g/mol. The first-order chi connectivity index (χ1) is 20.7. The normalized spacial score (nSPS) is 12.8. The number of nitrogens with zero attached hydrogens (tertiary/aromatic N) is 3. The van der Waals surface area contributed by atoms with E-state index in [9.17, 15) is 30.6 Å². The highest BCUT2D eigenvalue weighted by molar-refractivity contribution is 7.84. The molecule has 5 rings (SSSR count). The first kappa shape index (κ1) is 31.0. The predicted molar refractivity (Wildman–Crippen MR) is 153 cm³/mol. The molecule has 2 aromatic heterocycles. The maximum atomic E-state index is 13.6. The number of rotatable bonds is 8. The first-order valence-electron chi connectivity index (χ1n) is 13.3. The van der Waals surface area contributed by atoms with Gasteiger partial charge < -0.3 is 13.7 Å². The van der Waals surface area contributed by atoms with Gasteiger partial charge in [0, 0.05) is 45.7 Å². The zero-order valence-electron chi connectivity index (χ0n) is 23.6. The number of alkyl halides is 6. The Morgan fingerprint density at radius 3 is 2.20 bits per heavy atom. The van der Waals surface area contributed by atoms with Crippen molar-refractivity contribution in [2.75, 3.05) is 6.26 Å². The van der Waals surface area contributed by atoms with E-state index in [4.69, 9.17) is 4.42 Å². The molecule has 0 spiro atoms. The molecular weight excluding hydrogens is 608 g/mol. The van der Waals surface area contributed by atoms with Crippen molar-refractivity contribution in [2.45, 2.75) is 44.1 Å². The molecule has 1 unspecified atom stereocenters. The third-order valence-electron chi connectivity index (χ3n) is 6.67. The maximum absolute atomic E-state index is 13.6. The van der Waals surface area contributed by atoms with Crippen LogP contribution in [0, 0.1) is 6.92 Å². The molecular formula is C31H25F6N3O3S. The highest BCUT2D eigenvalue weighted by atomic mass is 32.2. The minimum absolute atomic E-state index is 0.0678. The molecule has 44 heavy (non-hydrogen) atoms. The van der Waals surface area contributed by atoms with Gasteiger partial charge in [-0.25, -0.2) is 9.97 Å². The fourth-order valence-electron chi connectivity index (χ4n) is 4.69.